The number of pyridine rings is 1. The first-order valence-electron chi connectivity index (χ1n) is 9.97. The zero-order valence-corrected chi connectivity index (χ0v) is 17.8. The summed E-state index contributed by atoms with van der Waals surface area (Å²) in [5.74, 6) is 0.415. The zero-order valence-electron chi connectivity index (χ0n) is 17.8. The number of ether oxygens (including phenoxy) is 3. The fourth-order valence-corrected chi connectivity index (χ4v) is 2.64. The molecule has 0 aliphatic rings. The van der Waals surface area contributed by atoms with Gasteiger partial charge in [0.05, 0.1) is 31.1 Å². The van der Waals surface area contributed by atoms with Crippen LogP contribution in [0, 0.1) is 0 Å². The van der Waals surface area contributed by atoms with Crippen LogP contribution in [0.1, 0.15) is 39.6 Å². The van der Waals surface area contributed by atoms with E-state index in [4.69, 9.17) is 14.2 Å². The molecule has 0 bridgehead atoms. The minimum Gasteiger partial charge on any atom is -0.494 e. The number of benzene rings is 2. The number of hydrazone groups is 1. The molecule has 2 aromatic carbocycles. The second kappa shape index (κ2) is 11.3. The SMILES string of the molecule is CCCOc1ccc(C(=O)Oc2ccc(/C=N\NC(=O)c3cccnc3)cc2OC)cc1. The second-order valence-corrected chi connectivity index (χ2v) is 6.61. The number of esters is 1. The Labute approximate surface area is 185 Å². The van der Waals surface area contributed by atoms with Gasteiger partial charge in [0, 0.05) is 12.4 Å². The molecule has 0 atom stereocenters. The van der Waals surface area contributed by atoms with Crippen LogP contribution in [0.15, 0.2) is 72.1 Å². The molecule has 0 spiro atoms. The van der Waals surface area contributed by atoms with Gasteiger partial charge in [-0.1, -0.05) is 6.92 Å². The topological polar surface area (TPSA) is 99.1 Å². The summed E-state index contributed by atoms with van der Waals surface area (Å²) in [6.45, 7) is 2.64. The predicted molar refractivity (Wildman–Crippen MR) is 119 cm³/mol. The molecule has 3 rings (SSSR count). The van der Waals surface area contributed by atoms with Crippen molar-refractivity contribution < 1.29 is 23.8 Å². The zero-order chi connectivity index (χ0) is 22.8. The molecule has 0 radical (unpaired) electrons. The Balaban J connectivity index is 1.63. The van der Waals surface area contributed by atoms with Gasteiger partial charge < -0.3 is 14.2 Å². The lowest BCUT2D eigenvalue weighted by Crippen LogP contribution is -2.17. The van der Waals surface area contributed by atoms with Crippen LogP contribution in [0.4, 0.5) is 0 Å². The van der Waals surface area contributed by atoms with Gasteiger partial charge in [-0.05, 0) is 66.6 Å². The van der Waals surface area contributed by atoms with Gasteiger partial charge in [0.2, 0.25) is 0 Å². The van der Waals surface area contributed by atoms with Crippen LogP contribution < -0.4 is 19.6 Å². The van der Waals surface area contributed by atoms with Crippen molar-refractivity contribution in [3.63, 3.8) is 0 Å². The van der Waals surface area contributed by atoms with Crippen LogP contribution >= 0.6 is 0 Å². The number of methoxy groups -OCH3 is 1. The van der Waals surface area contributed by atoms with E-state index in [0.29, 0.717) is 34.8 Å². The van der Waals surface area contributed by atoms with Crippen molar-refractivity contribution >= 4 is 18.1 Å². The highest BCUT2D eigenvalue weighted by molar-refractivity contribution is 5.94. The summed E-state index contributed by atoms with van der Waals surface area (Å²) >= 11 is 0. The van der Waals surface area contributed by atoms with Gasteiger partial charge in [-0.25, -0.2) is 10.2 Å². The molecule has 0 saturated carbocycles. The number of hydrogen-bond donors (Lipinski definition) is 1. The molecule has 0 unspecified atom stereocenters. The van der Waals surface area contributed by atoms with Gasteiger partial charge in [-0.3, -0.25) is 9.78 Å². The first-order valence-corrected chi connectivity index (χ1v) is 9.97. The number of nitrogens with zero attached hydrogens (tertiary/aromatic N) is 2. The lowest BCUT2D eigenvalue weighted by Gasteiger charge is -2.10. The Morgan fingerprint density at radius 2 is 1.88 bits per heavy atom. The summed E-state index contributed by atoms with van der Waals surface area (Å²) in [6.07, 6.45) is 5.39. The van der Waals surface area contributed by atoms with Gasteiger partial charge in [-0.2, -0.15) is 5.10 Å². The average Bonchev–Trinajstić information content (AvgIpc) is 2.84. The first-order chi connectivity index (χ1) is 15.6. The van der Waals surface area contributed by atoms with Crippen molar-refractivity contribution in [1.29, 1.82) is 0 Å². The number of carbonyl (C=O) groups excluding carboxylic acids is 2. The highest BCUT2D eigenvalue weighted by Gasteiger charge is 2.13. The normalized spacial score (nSPS) is 10.6. The summed E-state index contributed by atoms with van der Waals surface area (Å²) in [7, 11) is 1.47. The van der Waals surface area contributed by atoms with E-state index in [9.17, 15) is 9.59 Å². The summed E-state index contributed by atoms with van der Waals surface area (Å²) < 4.78 is 16.3. The molecule has 3 aromatic rings. The quantitative estimate of drug-likeness (QED) is 0.238. The van der Waals surface area contributed by atoms with Crippen LogP contribution in [-0.2, 0) is 0 Å². The molecule has 1 N–H and O–H groups in total. The van der Waals surface area contributed by atoms with Crippen molar-refractivity contribution in [1.82, 2.24) is 10.4 Å². The van der Waals surface area contributed by atoms with E-state index in [1.807, 2.05) is 6.92 Å². The van der Waals surface area contributed by atoms with Crippen LogP contribution in [-0.4, -0.2) is 36.8 Å². The second-order valence-electron chi connectivity index (χ2n) is 6.61. The summed E-state index contributed by atoms with van der Waals surface area (Å²) in [5.41, 5.74) is 3.85. The Hall–Kier alpha value is -4.20. The lowest BCUT2D eigenvalue weighted by atomic mass is 10.2. The standard InChI is InChI=1S/C24H23N3O5/c1-3-13-31-20-9-7-18(8-10-20)24(29)32-21-11-6-17(14-22(21)30-2)15-26-27-23(28)19-5-4-12-25-16-19/h4-12,14-16H,3,13H2,1-2H3,(H,27,28)/b26-15-. The van der Waals surface area contributed by atoms with Crippen LogP contribution in [0.3, 0.4) is 0 Å². The molecule has 8 nitrogen and oxygen atoms in total. The Kier molecular flexibility index (Phi) is 7.91. The summed E-state index contributed by atoms with van der Waals surface area (Å²) in [5, 5.41) is 3.93. The average molecular weight is 433 g/mol. The molecule has 0 aliphatic carbocycles. The van der Waals surface area contributed by atoms with Gasteiger partial charge in [0.25, 0.3) is 5.91 Å². The summed E-state index contributed by atoms with van der Waals surface area (Å²) in [6, 6.07) is 15.0. The third-order valence-corrected chi connectivity index (χ3v) is 4.26. The monoisotopic (exact) mass is 433 g/mol. The highest BCUT2D eigenvalue weighted by Crippen LogP contribution is 2.28. The van der Waals surface area contributed by atoms with E-state index in [1.165, 1.54) is 19.5 Å². The molecule has 164 valence electrons. The van der Waals surface area contributed by atoms with Crippen LogP contribution in [0.5, 0.6) is 17.2 Å². The Morgan fingerprint density at radius 3 is 2.56 bits per heavy atom. The third kappa shape index (κ3) is 6.15. The maximum atomic E-state index is 12.5. The number of rotatable bonds is 9. The largest absolute Gasteiger partial charge is 0.494 e. The van der Waals surface area contributed by atoms with Crippen molar-refractivity contribution in [2.45, 2.75) is 13.3 Å². The minimum atomic E-state index is -0.518. The maximum Gasteiger partial charge on any atom is 0.343 e. The predicted octanol–water partition coefficient (Wildman–Crippen LogP) is 3.86. The molecular formula is C24H23N3O5. The van der Waals surface area contributed by atoms with E-state index in [1.54, 1.807) is 60.8 Å². The van der Waals surface area contributed by atoms with Crippen molar-refractivity contribution in [2.24, 2.45) is 5.10 Å². The van der Waals surface area contributed by atoms with E-state index < -0.39 is 5.97 Å². The van der Waals surface area contributed by atoms with Crippen LogP contribution in [0.25, 0.3) is 0 Å². The smallest absolute Gasteiger partial charge is 0.343 e. The highest BCUT2D eigenvalue weighted by atomic mass is 16.6. The van der Waals surface area contributed by atoms with E-state index in [0.717, 1.165) is 6.42 Å². The molecule has 0 aliphatic heterocycles. The molecule has 1 aromatic heterocycles. The van der Waals surface area contributed by atoms with Crippen molar-refractivity contribution in [2.75, 3.05) is 13.7 Å². The molecule has 32 heavy (non-hydrogen) atoms. The van der Waals surface area contributed by atoms with Gasteiger partial charge in [0.1, 0.15) is 5.75 Å². The molecule has 1 amide bonds. The Morgan fingerprint density at radius 1 is 1.06 bits per heavy atom. The van der Waals surface area contributed by atoms with Crippen molar-refractivity contribution in [3.8, 4) is 17.2 Å². The molecule has 1 heterocycles. The van der Waals surface area contributed by atoms with E-state index in [-0.39, 0.29) is 11.7 Å². The maximum absolute atomic E-state index is 12.5. The minimum absolute atomic E-state index is 0.264. The fraction of sp³-hybridized carbons (Fsp3) is 0.167. The molecule has 0 fully saturated rings. The fourth-order valence-electron chi connectivity index (χ4n) is 2.64. The lowest BCUT2D eigenvalue weighted by molar-refractivity contribution is 0.0729. The summed E-state index contributed by atoms with van der Waals surface area (Å²) in [4.78, 5) is 28.4. The number of carbonyl (C=O) groups is 2. The number of aromatic nitrogens is 1. The number of hydrogen-bond acceptors (Lipinski definition) is 7. The van der Waals surface area contributed by atoms with Gasteiger partial charge in [0.15, 0.2) is 11.5 Å². The van der Waals surface area contributed by atoms with Gasteiger partial charge >= 0.3 is 5.97 Å². The van der Waals surface area contributed by atoms with E-state index in [2.05, 4.69) is 15.5 Å². The Bertz CT molecular complexity index is 1080. The first kappa shape index (κ1) is 22.5. The van der Waals surface area contributed by atoms with E-state index >= 15 is 0 Å². The molecular weight excluding hydrogens is 410 g/mol. The number of amides is 1. The van der Waals surface area contributed by atoms with Crippen LogP contribution in [0.2, 0.25) is 0 Å². The molecule has 0 saturated heterocycles. The molecule has 8 heteroatoms. The van der Waals surface area contributed by atoms with Gasteiger partial charge in [-0.15, -0.1) is 0 Å². The van der Waals surface area contributed by atoms with Crippen molar-refractivity contribution in [3.05, 3.63) is 83.7 Å². The number of nitrogens with one attached hydrogen (secondary N) is 1. The third-order valence-electron chi connectivity index (χ3n) is 4.26.